The molecule has 1 aliphatic rings. The number of aryl methyl sites for hydroxylation is 1. The van der Waals surface area contributed by atoms with E-state index in [0.29, 0.717) is 42.2 Å². The monoisotopic (exact) mass is 328 g/mol. The van der Waals surface area contributed by atoms with E-state index in [9.17, 15) is 9.18 Å². The van der Waals surface area contributed by atoms with Gasteiger partial charge in [0.25, 0.3) is 5.91 Å². The van der Waals surface area contributed by atoms with Gasteiger partial charge in [-0.15, -0.1) is 0 Å². The number of amides is 1. The molecule has 0 radical (unpaired) electrons. The number of H-pyrrole nitrogens is 2. The minimum Gasteiger partial charge on any atom is -0.377 e. The Morgan fingerprint density at radius 1 is 1.42 bits per heavy atom. The maximum atomic E-state index is 13.9. The Bertz CT molecular complexity index is 901. The van der Waals surface area contributed by atoms with Crippen LogP contribution in [-0.4, -0.2) is 45.5 Å². The van der Waals surface area contributed by atoms with Crippen LogP contribution in [0.2, 0.25) is 0 Å². The fourth-order valence-corrected chi connectivity index (χ4v) is 3.06. The van der Waals surface area contributed by atoms with Crippen molar-refractivity contribution in [2.75, 3.05) is 19.8 Å². The molecule has 0 bridgehead atoms. The molecule has 124 valence electrons. The molecule has 1 saturated heterocycles. The number of halogens is 1. The zero-order valence-corrected chi connectivity index (χ0v) is 13.2. The molecule has 2 aromatic heterocycles. The van der Waals surface area contributed by atoms with Crippen molar-refractivity contribution < 1.29 is 13.9 Å². The first-order valence-electron chi connectivity index (χ1n) is 7.81. The molecule has 0 saturated carbocycles. The lowest BCUT2D eigenvalue weighted by Gasteiger charge is -2.34. The number of imidazole rings is 1. The number of nitrogens with one attached hydrogen (secondary N) is 2. The van der Waals surface area contributed by atoms with E-state index in [0.717, 1.165) is 5.69 Å². The Morgan fingerprint density at radius 2 is 2.29 bits per heavy atom. The summed E-state index contributed by atoms with van der Waals surface area (Å²) in [7, 11) is 0. The third kappa shape index (κ3) is 2.46. The second-order valence-electron chi connectivity index (χ2n) is 5.93. The van der Waals surface area contributed by atoms with Crippen LogP contribution in [0.5, 0.6) is 0 Å². The Labute approximate surface area is 137 Å². The molecule has 0 aliphatic carbocycles. The number of para-hydroxylation sites is 1. The average Bonchev–Trinajstić information content (AvgIpc) is 3.21. The zero-order chi connectivity index (χ0) is 16.7. The molecular weight excluding hydrogens is 311 g/mol. The Balaban J connectivity index is 1.69. The lowest BCUT2D eigenvalue weighted by molar-refractivity contribution is -0.00526. The van der Waals surface area contributed by atoms with E-state index in [1.807, 2.05) is 6.92 Å². The molecule has 0 unspecified atom stereocenters. The van der Waals surface area contributed by atoms with Gasteiger partial charge in [-0.25, -0.2) is 9.37 Å². The standard InChI is InChI=1S/C17H17FN4O2/c1-10-8-19-16(20-10)14-9-24-6-5-22(14)17(23)13-7-11-3-2-4-12(18)15(11)21-13/h2-4,7-8,14,21H,5-6,9H2,1H3,(H,19,20)/t14-/m0/s1. The first-order valence-corrected chi connectivity index (χ1v) is 7.81. The van der Waals surface area contributed by atoms with E-state index in [-0.39, 0.29) is 17.8 Å². The van der Waals surface area contributed by atoms with Gasteiger partial charge in [0.15, 0.2) is 0 Å². The lowest BCUT2D eigenvalue weighted by Crippen LogP contribution is -2.44. The third-order valence-corrected chi connectivity index (χ3v) is 4.26. The van der Waals surface area contributed by atoms with Crippen molar-refractivity contribution in [3.8, 4) is 0 Å². The van der Waals surface area contributed by atoms with Gasteiger partial charge in [0.2, 0.25) is 0 Å². The minimum atomic E-state index is -0.369. The first kappa shape index (κ1) is 14.9. The van der Waals surface area contributed by atoms with Crippen LogP contribution in [0.1, 0.15) is 28.0 Å². The molecule has 3 aromatic rings. The molecule has 3 heterocycles. The predicted molar refractivity (Wildman–Crippen MR) is 86.2 cm³/mol. The quantitative estimate of drug-likeness (QED) is 0.759. The number of rotatable bonds is 2. The van der Waals surface area contributed by atoms with Gasteiger partial charge in [0.1, 0.15) is 23.4 Å². The SMILES string of the molecule is Cc1cnc([C@@H]2COCCN2C(=O)c2cc3cccc(F)c3[nH]2)[nH]1. The van der Waals surface area contributed by atoms with Crippen molar-refractivity contribution in [2.24, 2.45) is 0 Å². The third-order valence-electron chi connectivity index (χ3n) is 4.26. The molecule has 1 amide bonds. The number of aromatic nitrogens is 3. The average molecular weight is 328 g/mol. The number of aromatic amines is 2. The van der Waals surface area contributed by atoms with Crippen LogP contribution < -0.4 is 0 Å². The summed E-state index contributed by atoms with van der Waals surface area (Å²) in [5, 5.41) is 0.678. The second-order valence-corrected chi connectivity index (χ2v) is 5.93. The van der Waals surface area contributed by atoms with Crippen molar-refractivity contribution in [1.29, 1.82) is 0 Å². The fourth-order valence-electron chi connectivity index (χ4n) is 3.06. The summed E-state index contributed by atoms with van der Waals surface area (Å²) in [4.78, 5) is 25.0. The molecule has 6 nitrogen and oxygen atoms in total. The Hall–Kier alpha value is -2.67. The van der Waals surface area contributed by atoms with E-state index >= 15 is 0 Å². The molecule has 1 fully saturated rings. The van der Waals surface area contributed by atoms with Gasteiger partial charge >= 0.3 is 0 Å². The fraction of sp³-hybridized carbons (Fsp3) is 0.294. The van der Waals surface area contributed by atoms with Gasteiger partial charge < -0.3 is 19.6 Å². The highest BCUT2D eigenvalue weighted by Crippen LogP contribution is 2.26. The summed E-state index contributed by atoms with van der Waals surface area (Å²) >= 11 is 0. The molecule has 1 aliphatic heterocycles. The smallest absolute Gasteiger partial charge is 0.271 e. The Morgan fingerprint density at radius 3 is 3.04 bits per heavy atom. The molecule has 2 N–H and O–H groups in total. The number of carbonyl (C=O) groups excluding carboxylic acids is 1. The molecule has 24 heavy (non-hydrogen) atoms. The van der Waals surface area contributed by atoms with Gasteiger partial charge in [-0.1, -0.05) is 12.1 Å². The van der Waals surface area contributed by atoms with Crippen molar-refractivity contribution in [1.82, 2.24) is 19.9 Å². The largest absolute Gasteiger partial charge is 0.377 e. The van der Waals surface area contributed by atoms with Crippen molar-refractivity contribution in [3.63, 3.8) is 0 Å². The van der Waals surface area contributed by atoms with Gasteiger partial charge in [-0.3, -0.25) is 4.79 Å². The van der Waals surface area contributed by atoms with Crippen molar-refractivity contribution in [3.05, 3.63) is 53.5 Å². The van der Waals surface area contributed by atoms with Crippen LogP contribution in [-0.2, 0) is 4.74 Å². The van der Waals surface area contributed by atoms with Crippen molar-refractivity contribution in [2.45, 2.75) is 13.0 Å². The first-order chi connectivity index (χ1) is 11.6. The highest BCUT2D eigenvalue weighted by Gasteiger charge is 2.32. The molecule has 0 spiro atoms. The summed E-state index contributed by atoms with van der Waals surface area (Å²) in [5.74, 6) is 0.141. The van der Waals surface area contributed by atoms with Gasteiger partial charge in [-0.2, -0.15) is 0 Å². The van der Waals surface area contributed by atoms with Crippen LogP contribution in [0.3, 0.4) is 0 Å². The normalized spacial score (nSPS) is 18.2. The van der Waals surface area contributed by atoms with Crippen LogP contribution >= 0.6 is 0 Å². The minimum absolute atomic E-state index is 0.187. The molecule has 1 aromatic carbocycles. The van der Waals surface area contributed by atoms with E-state index < -0.39 is 0 Å². The number of hydrogen-bond donors (Lipinski definition) is 2. The second kappa shape index (κ2) is 5.76. The van der Waals surface area contributed by atoms with E-state index in [1.165, 1.54) is 6.07 Å². The predicted octanol–water partition coefficient (Wildman–Crippen LogP) is 2.55. The van der Waals surface area contributed by atoms with Crippen LogP contribution in [0, 0.1) is 12.7 Å². The molecule has 1 atom stereocenters. The van der Waals surface area contributed by atoms with Gasteiger partial charge in [0.05, 0.1) is 18.7 Å². The van der Waals surface area contributed by atoms with E-state index in [4.69, 9.17) is 4.74 Å². The molecule has 4 rings (SSSR count). The summed E-state index contributed by atoms with van der Waals surface area (Å²) in [6.45, 7) is 3.22. The number of hydrogen-bond acceptors (Lipinski definition) is 3. The number of morpholine rings is 1. The maximum absolute atomic E-state index is 13.9. The van der Waals surface area contributed by atoms with Gasteiger partial charge in [0, 0.05) is 23.8 Å². The molecule has 7 heteroatoms. The van der Waals surface area contributed by atoms with E-state index in [2.05, 4.69) is 15.0 Å². The van der Waals surface area contributed by atoms with Crippen LogP contribution in [0.4, 0.5) is 4.39 Å². The number of carbonyl (C=O) groups is 1. The number of benzene rings is 1. The molecular formula is C17H17FN4O2. The summed E-state index contributed by atoms with van der Waals surface area (Å²) in [6, 6.07) is 6.18. The number of ether oxygens (including phenoxy) is 1. The number of fused-ring (bicyclic) bond motifs is 1. The van der Waals surface area contributed by atoms with Crippen molar-refractivity contribution >= 4 is 16.8 Å². The van der Waals surface area contributed by atoms with E-state index in [1.54, 1.807) is 29.3 Å². The highest BCUT2D eigenvalue weighted by molar-refractivity contribution is 5.98. The summed E-state index contributed by atoms with van der Waals surface area (Å²) in [5.41, 5.74) is 1.64. The van der Waals surface area contributed by atoms with Crippen LogP contribution in [0.25, 0.3) is 10.9 Å². The lowest BCUT2D eigenvalue weighted by atomic mass is 10.2. The highest BCUT2D eigenvalue weighted by atomic mass is 19.1. The Kier molecular flexibility index (Phi) is 3.57. The summed E-state index contributed by atoms with van der Waals surface area (Å²) in [6.07, 6.45) is 1.73. The summed E-state index contributed by atoms with van der Waals surface area (Å²) < 4.78 is 19.4. The number of nitrogens with zero attached hydrogens (tertiary/aromatic N) is 2. The van der Waals surface area contributed by atoms with Gasteiger partial charge in [-0.05, 0) is 19.1 Å². The van der Waals surface area contributed by atoms with Crippen LogP contribution in [0.15, 0.2) is 30.5 Å². The topological polar surface area (TPSA) is 74.0 Å². The maximum Gasteiger partial charge on any atom is 0.271 e. The zero-order valence-electron chi connectivity index (χ0n) is 13.2.